The quantitative estimate of drug-likeness (QED) is 0.0822. The van der Waals surface area contributed by atoms with Gasteiger partial charge in [0.2, 0.25) is 5.91 Å². The summed E-state index contributed by atoms with van der Waals surface area (Å²) < 4.78 is 208. The Hall–Kier alpha value is -3.96. The number of fused-ring (bicyclic) bond motifs is 1. The average Bonchev–Trinajstić information content (AvgIpc) is 3.67. The van der Waals surface area contributed by atoms with E-state index in [1.54, 1.807) is 0 Å². The second kappa shape index (κ2) is 15.5. The van der Waals surface area contributed by atoms with Crippen LogP contribution in [0.2, 0.25) is 0 Å². The number of amides is 1. The highest BCUT2D eigenvalue weighted by atomic mass is 32.2. The van der Waals surface area contributed by atoms with Gasteiger partial charge in [0.1, 0.15) is 12.3 Å². The fraction of sp³-hybridized carbons (Fsp3) is 0.378. The van der Waals surface area contributed by atoms with Crippen LogP contribution in [0.5, 0.6) is 0 Å². The topological polar surface area (TPSA) is 58.4 Å². The molecule has 0 spiro atoms. The van der Waals surface area contributed by atoms with Gasteiger partial charge in [-0.1, -0.05) is 74.0 Å². The first-order chi connectivity index (χ1) is 29.7. The van der Waals surface area contributed by atoms with Crippen LogP contribution in [0.3, 0.4) is 0 Å². The summed E-state index contributed by atoms with van der Waals surface area (Å²) >= 11 is 0.0776. The Morgan fingerprint density at radius 1 is 1.00 bits per heavy atom. The molecule has 0 aliphatic heterocycles. The van der Waals surface area contributed by atoms with Gasteiger partial charge in [0.25, 0.3) is 5.56 Å². The van der Waals surface area contributed by atoms with E-state index in [1.807, 2.05) is 0 Å². The third kappa shape index (κ3) is 8.54. The number of thioether (sulfide) groups is 1. The molecule has 1 aromatic heterocycles. The Morgan fingerprint density at radius 3 is 2.35 bits per heavy atom. The fourth-order valence-electron chi connectivity index (χ4n) is 4.62. The van der Waals surface area contributed by atoms with Crippen molar-refractivity contribution in [3.63, 3.8) is 0 Å². The molecule has 0 saturated heterocycles. The Kier molecular flexibility index (Phi) is 6.23. The molecule has 4 aromatic rings. The van der Waals surface area contributed by atoms with E-state index >= 15 is 4.79 Å². The number of aromatic nitrogens is 2. The van der Waals surface area contributed by atoms with Gasteiger partial charge < -0.3 is 14.4 Å². The summed E-state index contributed by atoms with van der Waals surface area (Å²) in [4.78, 5) is 32.5. The lowest BCUT2D eigenvalue weighted by atomic mass is 9.98. The fourth-order valence-corrected chi connectivity index (χ4v) is 5.34. The van der Waals surface area contributed by atoms with Crippen molar-refractivity contribution in [1.82, 2.24) is 19.4 Å². The van der Waals surface area contributed by atoms with Crippen molar-refractivity contribution in [2.75, 3.05) is 26.1 Å². The van der Waals surface area contributed by atoms with Gasteiger partial charge in [-0.3, -0.25) is 9.59 Å². The van der Waals surface area contributed by atoms with E-state index in [4.69, 9.17) is 15.1 Å². The van der Waals surface area contributed by atoms with Crippen LogP contribution in [0.1, 0.15) is 77.1 Å². The van der Waals surface area contributed by atoms with Crippen LogP contribution in [-0.4, -0.2) is 51.3 Å². The van der Waals surface area contributed by atoms with Gasteiger partial charge in [-0.25, -0.2) is 4.39 Å². The van der Waals surface area contributed by atoms with Crippen LogP contribution in [0.25, 0.3) is 11.1 Å². The second-order valence-corrected chi connectivity index (χ2v) is 11.1. The number of rotatable bonds is 13. The molecule has 3 aromatic carbocycles. The molecule has 6 nitrogen and oxygen atoms in total. The van der Waals surface area contributed by atoms with Gasteiger partial charge in [0, 0.05) is 41.9 Å². The van der Waals surface area contributed by atoms with E-state index in [0.717, 1.165) is 36.1 Å². The third-order valence-corrected chi connectivity index (χ3v) is 7.88. The number of alkyl halides is 3. The standard InChI is InChI=1S/C37H40F4N4O2S/c1-4-43(5-2)19-20-44(22-26-9-13-28(14-10-26)29-15-18-32(25(3)21-29)37(39,40)41)34(46)23-45-33-8-6-7-31(33)35(47)42-36(45)48-24-27-11-16-30(38)17-12-27/h9-18,21H,4-8,19-20,22-24H2,1-3H3/i9D,10D,13D,14D,15D,18D,19D2,20D2,21D,22D2,23D2,24D2. The lowest BCUT2D eigenvalue weighted by molar-refractivity contribution is -0.138. The molecule has 0 radical (unpaired) electrons. The van der Waals surface area contributed by atoms with Crippen molar-refractivity contribution < 1.29 is 45.7 Å². The van der Waals surface area contributed by atoms with Crippen molar-refractivity contribution in [3.05, 3.63) is 116 Å². The van der Waals surface area contributed by atoms with Crippen molar-refractivity contribution in [2.24, 2.45) is 0 Å². The van der Waals surface area contributed by atoms with Crippen molar-refractivity contribution >= 4 is 17.7 Å². The first kappa shape index (κ1) is 19.3. The molecule has 0 N–H and O–H groups in total. The average molecular weight is 698 g/mol. The highest BCUT2D eigenvalue weighted by molar-refractivity contribution is 7.98. The summed E-state index contributed by atoms with van der Waals surface area (Å²) in [6.45, 7) is -12.7. The molecular formula is C37H40F4N4O2S. The Labute approximate surface area is 306 Å². The number of hydrogen-bond acceptors (Lipinski definition) is 5. The molecule has 5 rings (SSSR count). The number of hydrogen-bond donors (Lipinski definition) is 0. The highest BCUT2D eigenvalue weighted by Gasteiger charge is 2.32. The van der Waals surface area contributed by atoms with Gasteiger partial charge in [-0.15, -0.1) is 0 Å². The third-order valence-electron chi connectivity index (χ3n) is 7.09. The van der Waals surface area contributed by atoms with Crippen LogP contribution in [0.15, 0.2) is 76.5 Å². The molecule has 1 aliphatic rings. The number of nitrogens with zero attached hydrogens (tertiary/aromatic N) is 4. The number of benzene rings is 3. The summed E-state index contributed by atoms with van der Waals surface area (Å²) in [7, 11) is 0. The zero-order valence-electron chi connectivity index (χ0n) is 42.9. The number of carbonyl (C=O) groups is 1. The summed E-state index contributed by atoms with van der Waals surface area (Å²) in [6.07, 6.45) is -5.26. The van der Waals surface area contributed by atoms with E-state index in [9.17, 15) is 30.6 Å². The van der Waals surface area contributed by atoms with Crippen LogP contribution >= 0.6 is 11.8 Å². The van der Waals surface area contributed by atoms with Gasteiger partial charge >= 0.3 is 6.18 Å². The summed E-state index contributed by atoms with van der Waals surface area (Å²) in [6, 6.07) is -5.73. The summed E-state index contributed by atoms with van der Waals surface area (Å²) in [5.74, 6) is -3.04. The predicted octanol–water partition coefficient (Wildman–Crippen LogP) is 7.53. The van der Waals surface area contributed by atoms with Crippen molar-refractivity contribution in [2.45, 2.75) is 70.1 Å². The van der Waals surface area contributed by atoms with Crippen molar-refractivity contribution in [1.29, 1.82) is 0 Å². The second-order valence-electron chi connectivity index (χ2n) is 10.3. The molecule has 1 heterocycles. The van der Waals surface area contributed by atoms with Crippen LogP contribution in [-0.2, 0) is 42.5 Å². The summed E-state index contributed by atoms with van der Waals surface area (Å²) in [5, 5.41) is -0.845. The minimum absolute atomic E-state index is 0.0212. The molecule has 0 atom stereocenters. The highest BCUT2D eigenvalue weighted by Crippen LogP contribution is 2.34. The molecule has 0 saturated carbocycles. The number of carbonyl (C=O) groups excluding carboxylic acids is 1. The van der Waals surface area contributed by atoms with Crippen LogP contribution < -0.4 is 5.56 Å². The van der Waals surface area contributed by atoms with E-state index < -0.39 is 135 Å². The molecule has 1 aliphatic carbocycles. The molecule has 0 bridgehead atoms. The minimum atomic E-state index is -5.24. The molecule has 0 fully saturated rings. The SMILES string of the molecule is [2H]c1c([2H])c(C([2H])([2H])N(C(=O)C([2H])([2H])n2c(SC([2H])([2H])c3ccc(F)cc3)nc(=O)c3c2CCC3)C([2H])([2H])C([2H])([2H])N(CC)CC)c([2H])c([2H])c1-c1c([2H])c([2H])c(C(F)(F)F)c(C)c1[2H]. The minimum Gasteiger partial charge on any atom is -0.336 e. The van der Waals surface area contributed by atoms with E-state index in [0.29, 0.717) is 4.57 Å². The Bertz CT molecular complexity index is 2570. The maximum Gasteiger partial charge on any atom is 0.416 e. The smallest absolute Gasteiger partial charge is 0.336 e. The first-order valence-electron chi connectivity index (χ1n) is 23.2. The number of likely N-dealkylation sites (N-methyl/N-ethyl adjacent to an activating group) is 1. The van der Waals surface area contributed by atoms with Crippen molar-refractivity contribution in [3.8, 4) is 11.1 Å². The first-order valence-corrected chi connectivity index (χ1v) is 15.5. The lowest BCUT2D eigenvalue weighted by Gasteiger charge is -2.28. The molecule has 254 valence electrons. The molecular weight excluding hydrogens is 640 g/mol. The van der Waals surface area contributed by atoms with E-state index in [1.165, 1.54) is 13.8 Å². The Balaban J connectivity index is 1.84. The monoisotopic (exact) mass is 697 g/mol. The van der Waals surface area contributed by atoms with Gasteiger partial charge in [-0.05, 0) is 85.3 Å². The largest absolute Gasteiger partial charge is 0.416 e. The van der Waals surface area contributed by atoms with E-state index in [-0.39, 0.29) is 60.9 Å². The lowest BCUT2D eigenvalue weighted by Crippen LogP contribution is -2.40. The van der Waals surface area contributed by atoms with Crippen LogP contribution in [0, 0.1) is 12.7 Å². The molecule has 11 heteroatoms. The van der Waals surface area contributed by atoms with Gasteiger partial charge in [0.05, 0.1) is 23.4 Å². The summed E-state index contributed by atoms with van der Waals surface area (Å²) in [5.41, 5.74) is -10.4. The maximum atomic E-state index is 15.2. The molecule has 0 unspecified atom stereocenters. The van der Waals surface area contributed by atoms with Gasteiger partial charge in [0.15, 0.2) is 5.16 Å². The predicted molar refractivity (Wildman–Crippen MR) is 181 cm³/mol. The van der Waals surface area contributed by atoms with E-state index in [2.05, 4.69) is 4.98 Å². The Morgan fingerprint density at radius 2 is 1.69 bits per heavy atom. The molecule has 48 heavy (non-hydrogen) atoms. The zero-order valence-corrected chi connectivity index (χ0v) is 26.7. The molecule has 1 amide bonds. The zero-order chi connectivity index (χ0) is 49.5. The maximum absolute atomic E-state index is 15.2. The number of halogens is 4. The normalized spacial score (nSPS) is 19.5. The van der Waals surface area contributed by atoms with Crippen LogP contribution in [0.4, 0.5) is 17.6 Å². The van der Waals surface area contributed by atoms with Gasteiger partial charge in [-0.2, -0.15) is 18.2 Å².